The smallest absolute Gasteiger partial charge is 0.407 e. The minimum absolute atomic E-state index is 0.164. The first-order valence-corrected chi connectivity index (χ1v) is 6.96. The van der Waals surface area contributed by atoms with Crippen molar-refractivity contribution in [2.75, 3.05) is 6.61 Å². The first-order valence-electron chi connectivity index (χ1n) is 6.96. The molecule has 0 spiro atoms. The van der Waals surface area contributed by atoms with Gasteiger partial charge in [0.15, 0.2) is 5.79 Å². The molecule has 6 nitrogen and oxygen atoms in total. The molecular formula is C14H29NO5. The third-order valence-corrected chi connectivity index (χ3v) is 2.52. The molecule has 0 heterocycles. The number of hydrogen-bond donors (Lipinski definition) is 4. The fourth-order valence-electron chi connectivity index (χ4n) is 1.85. The number of carbonyl (C=O) groups excluding carboxylic acids is 1. The summed E-state index contributed by atoms with van der Waals surface area (Å²) in [7, 11) is 0. The van der Waals surface area contributed by atoms with E-state index in [0.717, 1.165) is 19.3 Å². The van der Waals surface area contributed by atoms with Gasteiger partial charge in [0.05, 0.1) is 0 Å². The molecule has 2 atom stereocenters. The van der Waals surface area contributed by atoms with Crippen LogP contribution in [-0.4, -0.2) is 45.4 Å². The van der Waals surface area contributed by atoms with Gasteiger partial charge in [0.25, 0.3) is 0 Å². The Morgan fingerprint density at radius 3 is 2.05 bits per heavy atom. The van der Waals surface area contributed by atoms with E-state index in [1.54, 1.807) is 0 Å². The molecule has 1 saturated carbocycles. The highest BCUT2D eigenvalue weighted by Crippen LogP contribution is 2.25. The average molecular weight is 291 g/mol. The number of ether oxygens (including phenoxy) is 1. The number of aliphatic hydroxyl groups excluding tert-OH is 1. The van der Waals surface area contributed by atoms with Gasteiger partial charge in [-0.2, -0.15) is 0 Å². The Balaban J connectivity index is 0.000000621. The van der Waals surface area contributed by atoms with E-state index in [0.29, 0.717) is 5.92 Å². The van der Waals surface area contributed by atoms with Crippen molar-refractivity contribution in [3.8, 4) is 0 Å². The molecule has 0 saturated heterocycles. The maximum absolute atomic E-state index is 11.4. The highest BCUT2D eigenvalue weighted by molar-refractivity contribution is 5.68. The van der Waals surface area contributed by atoms with E-state index in [2.05, 4.69) is 5.32 Å². The lowest BCUT2D eigenvalue weighted by Crippen LogP contribution is -2.38. The molecule has 1 rings (SSSR count). The summed E-state index contributed by atoms with van der Waals surface area (Å²) in [6.07, 6.45) is 2.42. The third kappa shape index (κ3) is 12.2. The van der Waals surface area contributed by atoms with Gasteiger partial charge in [0.2, 0.25) is 0 Å². The van der Waals surface area contributed by atoms with Gasteiger partial charge in [-0.3, -0.25) is 0 Å². The van der Waals surface area contributed by atoms with Crippen molar-refractivity contribution >= 4 is 6.09 Å². The van der Waals surface area contributed by atoms with E-state index >= 15 is 0 Å². The van der Waals surface area contributed by atoms with Gasteiger partial charge >= 0.3 is 6.09 Å². The third-order valence-electron chi connectivity index (χ3n) is 2.52. The highest BCUT2D eigenvalue weighted by Gasteiger charge is 2.26. The molecule has 1 aliphatic rings. The highest BCUT2D eigenvalue weighted by atomic mass is 16.6. The maximum Gasteiger partial charge on any atom is 0.407 e. The van der Waals surface area contributed by atoms with Crippen LogP contribution in [0, 0.1) is 5.92 Å². The molecule has 0 radical (unpaired) electrons. The van der Waals surface area contributed by atoms with E-state index in [1.807, 2.05) is 20.8 Å². The van der Waals surface area contributed by atoms with E-state index in [-0.39, 0.29) is 18.7 Å². The zero-order valence-electron chi connectivity index (χ0n) is 13.1. The second-order valence-corrected chi connectivity index (χ2v) is 6.70. The van der Waals surface area contributed by atoms with Crippen molar-refractivity contribution in [3.63, 3.8) is 0 Å². The van der Waals surface area contributed by atoms with Crippen LogP contribution in [0.5, 0.6) is 0 Å². The van der Waals surface area contributed by atoms with Gasteiger partial charge in [0, 0.05) is 12.6 Å². The summed E-state index contributed by atoms with van der Waals surface area (Å²) in [4.78, 5) is 11.4. The molecule has 0 aromatic rings. The average Bonchev–Trinajstić information content (AvgIpc) is 2.59. The molecule has 0 aliphatic heterocycles. The van der Waals surface area contributed by atoms with Crippen LogP contribution in [-0.2, 0) is 4.74 Å². The summed E-state index contributed by atoms with van der Waals surface area (Å²) in [6.45, 7) is 8.35. The van der Waals surface area contributed by atoms with Crippen LogP contribution in [0.2, 0.25) is 0 Å². The Labute approximate surface area is 121 Å². The SMILES string of the molecule is CC(C)(C)OC(=O)NC1CC[C@@H](CO)C1.CC(C)(O)O. The van der Waals surface area contributed by atoms with Gasteiger partial charge in [-0.05, 0) is 59.8 Å². The lowest BCUT2D eigenvalue weighted by Gasteiger charge is -2.21. The zero-order chi connectivity index (χ0) is 16.0. The first kappa shape index (κ1) is 19.1. The molecule has 1 unspecified atom stereocenters. The molecule has 1 amide bonds. The molecule has 6 heteroatoms. The minimum Gasteiger partial charge on any atom is -0.444 e. The number of nitrogens with one attached hydrogen (secondary N) is 1. The van der Waals surface area contributed by atoms with Crippen LogP contribution in [0.15, 0.2) is 0 Å². The minimum atomic E-state index is -1.50. The molecule has 20 heavy (non-hydrogen) atoms. The van der Waals surface area contributed by atoms with Crippen molar-refractivity contribution in [3.05, 3.63) is 0 Å². The summed E-state index contributed by atoms with van der Waals surface area (Å²) in [5.41, 5.74) is -0.445. The standard InChI is InChI=1S/C11H21NO3.C3H8O2/c1-11(2,3)15-10(14)12-9-5-4-8(6-9)7-13;1-3(2,4)5/h8-9,13H,4-7H2,1-3H3,(H,12,14);4-5H,1-2H3/t8-,9?;/m1./s1. The normalized spacial score (nSPS) is 22.8. The molecular weight excluding hydrogens is 262 g/mol. The number of rotatable bonds is 2. The predicted octanol–water partition coefficient (Wildman–Crippen LogP) is 1.38. The van der Waals surface area contributed by atoms with Gasteiger partial charge in [0.1, 0.15) is 5.60 Å². The Morgan fingerprint density at radius 2 is 1.70 bits per heavy atom. The van der Waals surface area contributed by atoms with Crippen LogP contribution in [0.4, 0.5) is 4.79 Å². The van der Waals surface area contributed by atoms with E-state index in [1.165, 1.54) is 13.8 Å². The van der Waals surface area contributed by atoms with Gasteiger partial charge in [-0.25, -0.2) is 4.79 Å². The van der Waals surface area contributed by atoms with Gasteiger partial charge in [-0.1, -0.05) is 0 Å². The zero-order valence-corrected chi connectivity index (χ0v) is 13.1. The Morgan fingerprint density at radius 1 is 1.20 bits per heavy atom. The van der Waals surface area contributed by atoms with Crippen molar-refractivity contribution in [1.29, 1.82) is 0 Å². The number of hydrogen-bond acceptors (Lipinski definition) is 5. The predicted molar refractivity (Wildman–Crippen MR) is 76.1 cm³/mol. The first-order chi connectivity index (χ1) is 8.90. The fraction of sp³-hybridized carbons (Fsp3) is 0.929. The lowest BCUT2D eigenvalue weighted by atomic mass is 10.1. The van der Waals surface area contributed by atoms with Crippen LogP contribution >= 0.6 is 0 Å². The fourth-order valence-corrected chi connectivity index (χ4v) is 1.85. The van der Waals surface area contributed by atoms with E-state index < -0.39 is 11.4 Å². The molecule has 0 aromatic carbocycles. The van der Waals surface area contributed by atoms with Crippen molar-refractivity contribution < 1.29 is 24.9 Å². The second kappa shape index (κ2) is 7.81. The van der Waals surface area contributed by atoms with Crippen molar-refractivity contribution in [2.24, 2.45) is 5.92 Å². The molecule has 0 bridgehead atoms. The molecule has 4 N–H and O–H groups in total. The molecule has 1 aliphatic carbocycles. The monoisotopic (exact) mass is 291 g/mol. The van der Waals surface area contributed by atoms with Crippen LogP contribution in [0.3, 0.4) is 0 Å². The van der Waals surface area contributed by atoms with Crippen molar-refractivity contribution in [2.45, 2.75) is 71.3 Å². The van der Waals surface area contributed by atoms with E-state index in [4.69, 9.17) is 20.1 Å². The summed E-state index contributed by atoms with van der Waals surface area (Å²) < 4.78 is 5.16. The molecule has 0 aromatic heterocycles. The quantitative estimate of drug-likeness (QED) is 0.576. The molecule has 1 fully saturated rings. The largest absolute Gasteiger partial charge is 0.444 e. The van der Waals surface area contributed by atoms with Crippen molar-refractivity contribution in [1.82, 2.24) is 5.32 Å². The number of alkyl carbamates (subject to hydrolysis) is 1. The lowest BCUT2D eigenvalue weighted by molar-refractivity contribution is -0.127. The number of amides is 1. The summed E-state index contributed by atoms with van der Waals surface area (Å²) in [5.74, 6) is -1.16. The Hall–Kier alpha value is -0.850. The maximum atomic E-state index is 11.4. The van der Waals surface area contributed by atoms with Crippen LogP contribution in [0.1, 0.15) is 53.9 Å². The Kier molecular flexibility index (Phi) is 7.47. The topological polar surface area (TPSA) is 99.0 Å². The molecule has 120 valence electrons. The number of aliphatic hydroxyl groups is 3. The Bertz CT molecular complexity index is 287. The van der Waals surface area contributed by atoms with Crippen LogP contribution < -0.4 is 5.32 Å². The van der Waals surface area contributed by atoms with Gasteiger partial charge in [-0.15, -0.1) is 0 Å². The van der Waals surface area contributed by atoms with Gasteiger partial charge < -0.3 is 25.4 Å². The number of carbonyl (C=O) groups is 1. The second-order valence-electron chi connectivity index (χ2n) is 6.70. The summed E-state index contributed by atoms with van der Waals surface area (Å²) >= 11 is 0. The summed E-state index contributed by atoms with van der Waals surface area (Å²) in [6, 6.07) is 0.164. The van der Waals surface area contributed by atoms with Crippen LogP contribution in [0.25, 0.3) is 0 Å². The van der Waals surface area contributed by atoms with E-state index in [9.17, 15) is 4.79 Å². The summed E-state index contributed by atoms with van der Waals surface area (Å²) in [5, 5.41) is 27.9.